The first-order valence-corrected chi connectivity index (χ1v) is 8.12. The summed E-state index contributed by atoms with van der Waals surface area (Å²) in [5.74, 6) is 0. The van der Waals surface area contributed by atoms with Crippen molar-refractivity contribution < 1.29 is 16.8 Å². The molecule has 0 bridgehead atoms. The van der Waals surface area contributed by atoms with Gasteiger partial charge in [0.15, 0.2) is 0 Å². The van der Waals surface area contributed by atoms with Gasteiger partial charge in [0.2, 0.25) is 19.7 Å². The van der Waals surface area contributed by atoms with E-state index in [1.54, 1.807) is 19.9 Å². The summed E-state index contributed by atoms with van der Waals surface area (Å²) < 4.78 is 47.5. The minimum absolute atomic E-state index is 0.225. The van der Waals surface area contributed by atoms with E-state index in [9.17, 15) is 16.8 Å². The van der Waals surface area contributed by atoms with Crippen LogP contribution in [-0.2, 0) is 19.7 Å². The molecule has 1 aromatic rings. The normalized spacial score (nSPS) is 12.1. The van der Waals surface area contributed by atoms with Gasteiger partial charge in [-0.2, -0.15) is 0 Å². The predicted octanol–water partition coefficient (Wildman–Crippen LogP) is 2.14. The van der Waals surface area contributed by atoms with Crippen molar-refractivity contribution in [2.75, 3.05) is 0 Å². The van der Waals surface area contributed by atoms with Gasteiger partial charge in [-0.25, -0.2) is 16.8 Å². The van der Waals surface area contributed by atoms with E-state index in [1.807, 2.05) is 0 Å². The van der Waals surface area contributed by atoms with E-state index in [0.717, 1.165) is 10.8 Å². The monoisotopic (exact) mass is 286 g/mol. The summed E-state index contributed by atoms with van der Waals surface area (Å²) in [6.07, 6.45) is 0. The maximum absolute atomic E-state index is 11.9. The zero-order valence-corrected chi connectivity index (χ0v) is 11.8. The lowest BCUT2D eigenvalue weighted by Crippen LogP contribution is -2.09. The number of rotatable bonds is 4. The molecule has 0 unspecified atom stereocenters. The number of sulfone groups is 2. The van der Waals surface area contributed by atoms with Crippen LogP contribution in [0.25, 0.3) is 0 Å². The predicted molar refractivity (Wildman–Crippen MR) is 70.7 cm³/mol. The molecule has 6 heteroatoms. The highest BCUT2D eigenvalue weighted by Gasteiger charge is 2.25. The quantitative estimate of drug-likeness (QED) is 0.850. The third-order valence-electron chi connectivity index (χ3n) is 2.67. The van der Waals surface area contributed by atoms with E-state index in [1.165, 1.54) is 6.07 Å². The molecule has 1 rings (SSSR count). The molecule has 0 saturated carbocycles. The van der Waals surface area contributed by atoms with Crippen molar-refractivity contribution in [1.29, 1.82) is 0 Å². The molecule has 0 fully saturated rings. The molecule has 0 aliphatic rings. The molecule has 4 nitrogen and oxygen atoms in total. The van der Waals surface area contributed by atoms with Gasteiger partial charge in [-0.1, -0.05) is 19.2 Å². The second kappa shape index (κ2) is 4.70. The molecule has 0 amide bonds. The first-order chi connectivity index (χ1) is 8.17. The van der Waals surface area contributed by atoms with Gasteiger partial charge in [-0.3, -0.25) is 0 Å². The molecule has 0 spiro atoms. The number of hydrogen-bond donors (Lipinski definition) is 0. The van der Waals surface area contributed by atoms with Gasteiger partial charge in [0.05, 0.1) is 9.79 Å². The maximum Gasteiger partial charge on any atom is 0.200 e. The Morgan fingerprint density at radius 2 is 1.44 bits per heavy atom. The summed E-state index contributed by atoms with van der Waals surface area (Å²) in [7, 11) is -7.66. The molecule has 0 saturated heterocycles. The third-order valence-corrected chi connectivity index (χ3v) is 5.73. The molecular weight excluding hydrogens is 272 g/mol. The van der Waals surface area contributed by atoms with Gasteiger partial charge < -0.3 is 0 Å². The fourth-order valence-electron chi connectivity index (χ4n) is 1.52. The number of hydrogen-bond acceptors (Lipinski definition) is 4. The zero-order chi connectivity index (χ0) is 14.1. The summed E-state index contributed by atoms with van der Waals surface area (Å²) in [6, 6.07) is 2.84. The number of benzene rings is 1. The van der Waals surface area contributed by atoms with E-state index >= 15 is 0 Å². The topological polar surface area (TPSA) is 68.3 Å². The van der Waals surface area contributed by atoms with Crippen LogP contribution >= 0.6 is 0 Å². The van der Waals surface area contributed by atoms with Gasteiger partial charge in [0, 0.05) is 10.8 Å². The van der Waals surface area contributed by atoms with Crippen molar-refractivity contribution in [2.24, 2.45) is 0 Å². The van der Waals surface area contributed by atoms with Crippen LogP contribution in [0.2, 0.25) is 0 Å². The lowest BCUT2D eigenvalue weighted by molar-refractivity contribution is 0.591. The fraction of sp³-hybridized carbons (Fsp3) is 0.167. The zero-order valence-electron chi connectivity index (χ0n) is 10.2. The maximum atomic E-state index is 11.9. The van der Waals surface area contributed by atoms with Crippen LogP contribution in [0.5, 0.6) is 0 Å². The van der Waals surface area contributed by atoms with Crippen LogP contribution in [0.4, 0.5) is 0 Å². The SMILES string of the molecule is C=CS(=O)(=O)c1ccc(C)c(C)c1S(=O)(=O)C=C. The second-order valence-electron chi connectivity index (χ2n) is 3.76. The van der Waals surface area contributed by atoms with Crippen LogP contribution in [-0.4, -0.2) is 16.8 Å². The molecule has 0 radical (unpaired) electrons. The van der Waals surface area contributed by atoms with Crippen LogP contribution in [0.15, 0.2) is 45.9 Å². The summed E-state index contributed by atoms with van der Waals surface area (Å²) in [6.45, 7) is 9.69. The summed E-state index contributed by atoms with van der Waals surface area (Å²) in [4.78, 5) is -0.488. The standard InChI is InChI=1S/C12H14O4S2/c1-5-17(13,14)11-8-7-9(3)10(4)12(11)18(15,16)6-2/h5-8H,1-2H2,3-4H3. The van der Waals surface area contributed by atoms with E-state index in [-0.39, 0.29) is 9.79 Å². The lowest BCUT2D eigenvalue weighted by atomic mass is 10.1. The first-order valence-electron chi connectivity index (χ1n) is 5.02. The average molecular weight is 286 g/mol. The first kappa shape index (κ1) is 14.7. The molecular formula is C12H14O4S2. The van der Waals surface area contributed by atoms with Crippen molar-refractivity contribution in [3.8, 4) is 0 Å². The molecule has 18 heavy (non-hydrogen) atoms. The Balaban J connectivity index is 3.95. The summed E-state index contributed by atoms with van der Waals surface area (Å²) >= 11 is 0. The molecule has 1 aromatic carbocycles. The lowest BCUT2D eigenvalue weighted by Gasteiger charge is -2.12. The van der Waals surface area contributed by atoms with E-state index in [4.69, 9.17) is 0 Å². The minimum atomic E-state index is -3.84. The molecule has 0 aliphatic carbocycles. The minimum Gasteiger partial charge on any atom is -0.219 e. The highest BCUT2D eigenvalue weighted by Crippen LogP contribution is 2.29. The van der Waals surface area contributed by atoms with Crippen molar-refractivity contribution in [1.82, 2.24) is 0 Å². The molecule has 0 aliphatic heterocycles. The Bertz CT molecular complexity index is 711. The Labute approximate surface area is 107 Å². The van der Waals surface area contributed by atoms with Gasteiger partial charge in [-0.15, -0.1) is 0 Å². The van der Waals surface area contributed by atoms with Crippen LogP contribution in [0.3, 0.4) is 0 Å². The number of aryl methyl sites for hydroxylation is 1. The Morgan fingerprint density at radius 3 is 1.89 bits per heavy atom. The van der Waals surface area contributed by atoms with Crippen LogP contribution in [0.1, 0.15) is 11.1 Å². The van der Waals surface area contributed by atoms with Crippen LogP contribution in [0, 0.1) is 13.8 Å². The van der Waals surface area contributed by atoms with Crippen LogP contribution < -0.4 is 0 Å². The molecule has 0 N–H and O–H groups in total. The van der Waals surface area contributed by atoms with Crippen molar-refractivity contribution >= 4 is 19.7 Å². The van der Waals surface area contributed by atoms with Gasteiger partial charge in [0.1, 0.15) is 0 Å². The Morgan fingerprint density at radius 1 is 0.944 bits per heavy atom. The van der Waals surface area contributed by atoms with Gasteiger partial charge in [-0.05, 0) is 31.0 Å². The van der Waals surface area contributed by atoms with Gasteiger partial charge >= 0.3 is 0 Å². The second-order valence-corrected chi connectivity index (χ2v) is 7.45. The van der Waals surface area contributed by atoms with E-state index in [2.05, 4.69) is 13.2 Å². The largest absolute Gasteiger partial charge is 0.219 e. The average Bonchev–Trinajstić information content (AvgIpc) is 2.31. The summed E-state index contributed by atoms with van der Waals surface area (Å²) in [5, 5.41) is 1.48. The van der Waals surface area contributed by atoms with Crippen molar-refractivity contribution in [2.45, 2.75) is 23.6 Å². The fourth-order valence-corrected chi connectivity index (χ4v) is 4.16. The van der Waals surface area contributed by atoms with Crippen molar-refractivity contribution in [3.05, 3.63) is 47.2 Å². The molecule has 98 valence electrons. The van der Waals surface area contributed by atoms with E-state index < -0.39 is 19.7 Å². The Hall–Kier alpha value is -1.40. The smallest absolute Gasteiger partial charge is 0.200 e. The third kappa shape index (κ3) is 2.39. The highest BCUT2D eigenvalue weighted by atomic mass is 32.2. The molecule has 0 heterocycles. The van der Waals surface area contributed by atoms with Gasteiger partial charge in [0.25, 0.3) is 0 Å². The Kier molecular flexibility index (Phi) is 3.83. The van der Waals surface area contributed by atoms with Crippen molar-refractivity contribution in [3.63, 3.8) is 0 Å². The highest BCUT2D eigenvalue weighted by molar-refractivity contribution is 7.97. The molecule has 0 aromatic heterocycles. The summed E-state index contributed by atoms with van der Waals surface area (Å²) in [5.41, 5.74) is 1.09. The van der Waals surface area contributed by atoms with E-state index in [0.29, 0.717) is 11.1 Å². The molecule has 0 atom stereocenters.